The average molecular weight is 617 g/mol. The van der Waals surface area contributed by atoms with Crippen LogP contribution in [0.25, 0.3) is 0 Å². The van der Waals surface area contributed by atoms with Crippen molar-refractivity contribution in [3.8, 4) is 0 Å². The highest BCUT2D eigenvalue weighted by Gasteiger charge is 2.61. The van der Waals surface area contributed by atoms with Crippen molar-refractivity contribution in [1.29, 1.82) is 0 Å². The SMILES string of the molecule is CC(C)(C)OC(=O)N[C@H]1CCCCC/C=C\[C@@H]2C[C@@]2(C(=O)NS(=O)(=O)NCc2ccccc2)CC(=O)[C@@H]2CCCN2C1=O. The molecule has 2 heterocycles. The van der Waals surface area contributed by atoms with E-state index in [4.69, 9.17) is 4.74 Å². The lowest BCUT2D eigenvalue weighted by Crippen LogP contribution is -2.53. The lowest BCUT2D eigenvalue weighted by Gasteiger charge is -2.30. The number of carbonyl (C=O) groups excluding carboxylic acids is 4. The number of ketones is 1. The van der Waals surface area contributed by atoms with Crippen molar-refractivity contribution in [2.75, 3.05) is 6.54 Å². The fourth-order valence-electron chi connectivity index (χ4n) is 5.91. The molecule has 236 valence electrons. The van der Waals surface area contributed by atoms with Crippen LogP contribution < -0.4 is 14.8 Å². The smallest absolute Gasteiger partial charge is 0.408 e. The van der Waals surface area contributed by atoms with Crippen LogP contribution in [0.15, 0.2) is 42.5 Å². The van der Waals surface area contributed by atoms with Crippen LogP contribution in [0.5, 0.6) is 0 Å². The molecule has 12 heteroatoms. The molecule has 43 heavy (non-hydrogen) atoms. The van der Waals surface area contributed by atoms with Crippen molar-refractivity contribution in [1.82, 2.24) is 19.7 Å². The van der Waals surface area contributed by atoms with Crippen molar-refractivity contribution in [3.05, 3.63) is 48.0 Å². The molecule has 0 spiro atoms. The van der Waals surface area contributed by atoms with E-state index < -0.39 is 45.3 Å². The maximum absolute atomic E-state index is 13.7. The van der Waals surface area contributed by atoms with Gasteiger partial charge in [-0.15, -0.1) is 0 Å². The van der Waals surface area contributed by atoms with Gasteiger partial charge in [-0.1, -0.05) is 55.3 Å². The predicted molar refractivity (Wildman–Crippen MR) is 161 cm³/mol. The normalized spacial score (nSPS) is 27.6. The summed E-state index contributed by atoms with van der Waals surface area (Å²) >= 11 is 0. The Morgan fingerprint density at radius 3 is 2.51 bits per heavy atom. The monoisotopic (exact) mass is 616 g/mol. The number of fused-ring (bicyclic) bond motifs is 2. The first-order valence-electron chi connectivity index (χ1n) is 15.1. The van der Waals surface area contributed by atoms with Crippen molar-refractivity contribution < 1.29 is 32.3 Å². The molecule has 0 aromatic heterocycles. The second kappa shape index (κ2) is 13.6. The molecular formula is C31H44N4O7S. The summed E-state index contributed by atoms with van der Waals surface area (Å²) in [6.45, 7) is 5.61. The Hall–Kier alpha value is -3.25. The van der Waals surface area contributed by atoms with E-state index in [2.05, 4.69) is 14.8 Å². The molecule has 2 fully saturated rings. The number of amides is 3. The van der Waals surface area contributed by atoms with Gasteiger partial charge in [0.25, 0.3) is 0 Å². The Bertz CT molecular complexity index is 1330. The summed E-state index contributed by atoms with van der Waals surface area (Å²) in [5.41, 5.74) is -1.20. The zero-order valence-corrected chi connectivity index (χ0v) is 26.1. The fourth-order valence-corrected chi connectivity index (χ4v) is 6.79. The Morgan fingerprint density at radius 2 is 1.79 bits per heavy atom. The van der Waals surface area contributed by atoms with Gasteiger partial charge < -0.3 is 15.0 Å². The second-order valence-corrected chi connectivity index (χ2v) is 14.3. The van der Waals surface area contributed by atoms with Gasteiger partial charge in [-0.05, 0) is 70.8 Å². The van der Waals surface area contributed by atoms with Crippen LogP contribution in [-0.2, 0) is 35.9 Å². The van der Waals surface area contributed by atoms with E-state index in [0.717, 1.165) is 24.8 Å². The number of alkyl carbamates (subject to hydrolysis) is 1. The van der Waals surface area contributed by atoms with Gasteiger partial charge in [0.15, 0.2) is 5.78 Å². The Morgan fingerprint density at radius 1 is 1.05 bits per heavy atom. The van der Waals surface area contributed by atoms with Crippen molar-refractivity contribution >= 4 is 33.9 Å². The Kier molecular flexibility index (Phi) is 10.3. The third-order valence-electron chi connectivity index (χ3n) is 8.24. The molecule has 4 atom stereocenters. The number of hydrogen-bond donors (Lipinski definition) is 3. The molecule has 1 aromatic carbocycles. The molecule has 1 saturated carbocycles. The second-order valence-electron chi connectivity index (χ2n) is 12.8. The predicted octanol–water partition coefficient (Wildman–Crippen LogP) is 3.51. The minimum Gasteiger partial charge on any atom is -0.444 e. The molecule has 0 bridgehead atoms. The first-order chi connectivity index (χ1) is 20.3. The van der Waals surface area contributed by atoms with E-state index in [1.807, 2.05) is 18.2 Å². The number of nitrogens with one attached hydrogen (secondary N) is 3. The highest BCUT2D eigenvalue weighted by atomic mass is 32.2. The first kappa shape index (κ1) is 32.7. The maximum atomic E-state index is 13.7. The molecular weight excluding hydrogens is 572 g/mol. The summed E-state index contributed by atoms with van der Waals surface area (Å²) in [5, 5.41) is 2.72. The highest BCUT2D eigenvalue weighted by Crippen LogP contribution is 2.57. The van der Waals surface area contributed by atoms with Gasteiger partial charge in [-0.2, -0.15) is 13.1 Å². The van der Waals surface area contributed by atoms with Gasteiger partial charge in [0.2, 0.25) is 11.8 Å². The van der Waals surface area contributed by atoms with E-state index in [0.29, 0.717) is 38.6 Å². The van der Waals surface area contributed by atoms with E-state index >= 15 is 0 Å². The van der Waals surface area contributed by atoms with E-state index in [-0.39, 0.29) is 30.6 Å². The zero-order chi connectivity index (χ0) is 31.3. The molecule has 4 rings (SSSR count). The standard InChI is InChI=1S/C31H44N4O7S/c1-30(2,3)42-29(39)33-24-16-11-6-4-5-10-15-23-19-31(23,20-26(36)25-17-12-18-35(25)27(24)37)28(38)34-43(40,41)32-21-22-13-8-7-9-14-22/h7-10,13-15,23-25,32H,4-6,11-12,16-21H2,1-3H3,(H,33,39)(H,34,38)/b15-10-/t23-,24+,25+,31-/m1/s1. The van der Waals surface area contributed by atoms with Crippen LogP contribution in [0, 0.1) is 11.3 Å². The van der Waals surface area contributed by atoms with Gasteiger partial charge in [0.1, 0.15) is 11.6 Å². The fraction of sp³-hybridized carbons (Fsp3) is 0.613. The van der Waals surface area contributed by atoms with E-state index in [1.54, 1.807) is 45.0 Å². The Labute approximate surface area is 254 Å². The van der Waals surface area contributed by atoms with Crippen molar-refractivity contribution in [3.63, 3.8) is 0 Å². The molecule has 3 aliphatic rings. The van der Waals surface area contributed by atoms with Crippen molar-refractivity contribution in [2.24, 2.45) is 11.3 Å². The third-order valence-corrected chi connectivity index (χ3v) is 9.22. The summed E-state index contributed by atoms with van der Waals surface area (Å²) < 4.78 is 35.5. The number of Topliss-reactive ketones (excluding diaryl/α,β-unsaturated/α-hetero) is 1. The largest absolute Gasteiger partial charge is 0.444 e. The van der Waals surface area contributed by atoms with E-state index in [1.165, 1.54) is 4.90 Å². The summed E-state index contributed by atoms with van der Waals surface area (Å²) in [4.78, 5) is 55.1. The number of allylic oxidation sites excluding steroid dienone is 2. The topological polar surface area (TPSA) is 151 Å². The van der Waals surface area contributed by atoms with Gasteiger partial charge in [-0.25, -0.2) is 9.52 Å². The lowest BCUT2D eigenvalue weighted by atomic mass is 9.91. The van der Waals surface area contributed by atoms with Gasteiger partial charge in [-0.3, -0.25) is 14.4 Å². The number of ether oxygens (including phenoxy) is 1. The molecule has 0 unspecified atom stereocenters. The van der Waals surface area contributed by atoms with E-state index in [9.17, 15) is 27.6 Å². The number of hydrogen-bond acceptors (Lipinski definition) is 7. The van der Waals surface area contributed by atoms with Crippen LogP contribution in [-0.4, -0.2) is 61.2 Å². The molecule has 1 aliphatic carbocycles. The molecule has 1 aromatic rings. The van der Waals surface area contributed by atoms with Crippen LogP contribution in [0.2, 0.25) is 0 Å². The number of rotatable bonds is 6. The van der Waals surface area contributed by atoms with Gasteiger partial charge >= 0.3 is 16.3 Å². The first-order valence-corrected chi connectivity index (χ1v) is 16.6. The van der Waals surface area contributed by atoms with Crippen LogP contribution in [0.4, 0.5) is 4.79 Å². The van der Waals surface area contributed by atoms with Crippen molar-refractivity contribution in [2.45, 2.75) is 103 Å². The van der Waals surface area contributed by atoms with Crippen LogP contribution in [0.1, 0.15) is 84.1 Å². The molecule has 1 saturated heterocycles. The molecule has 0 radical (unpaired) electrons. The van der Waals surface area contributed by atoms with Gasteiger partial charge in [0, 0.05) is 19.5 Å². The summed E-state index contributed by atoms with van der Waals surface area (Å²) in [6.07, 6.45) is 7.97. The van der Waals surface area contributed by atoms with Crippen LogP contribution >= 0.6 is 0 Å². The zero-order valence-electron chi connectivity index (χ0n) is 25.3. The quantitative estimate of drug-likeness (QED) is 0.414. The van der Waals surface area contributed by atoms with Crippen LogP contribution in [0.3, 0.4) is 0 Å². The highest BCUT2D eigenvalue weighted by molar-refractivity contribution is 7.88. The number of carbonyl (C=O) groups is 4. The summed E-state index contributed by atoms with van der Waals surface area (Å²) in [6, 6.07) is 7.36. The minimum atomic E-state index is -4.18. The molecule has 11 nitrogen and oxygen atoms in total. The number of nitrogens with zero attached hydrogens (tertiary/aromatic N) is 1. The lowest BCUT2D eigenvalue weighted by molar-refractivity contribution is -0.140. The Balaban J connectivity index is 1.50. The molecule has 3 amide bonds. The number of benzene rings is 1. The average Bonchev–Trinajstić information content (AvgIpc) is 3.39. The minimum absolute atomic E-state index is 0.0103. The van der Waals surface area contributed by atoms with Gasteiger partial charge in [0.05, 0.1) is 11.5 Å². The molecule has 2 aliphatic heterocycles. The summed E-state index contributed by atoms with van der Waals surface area (Å²) in [7, 11) is -4.18. The summed E-state index contributed by atoms with van der Waals surface area (Å²) in [5.74, 6) is -1.62. The maximum Gasteiger partial charge on any atom is 0.408 e. The molecule has 3 N–H and O–H groups in total. The third kappa shape index (κ3) is 8.88.